The van der Waals surface area contributed by atoms with E-state index in [9.17, 15) is 4.79 Å². The van der Waals surface area contributed by atoms with Crippen molar-refractivity contribution in [1.82, 2.24) is 15.2 Å². The van der Waals surface area contributed by atoms with Gasteiger partial charge in [-0.05, 0) is 48.4 Å². The zero-order chi connectivity index (χ0) is 19.1. The Balaban J connectivity index is 1.52. The molecule has 0 aliphatic rings. The predicted molar refractivity (Wildman–Crippen MR) is 108 cm³/mol. The van der Waals surface area contributed by atoms with E-state index in [1.54, 1.807) is 7.11 Å². The van der Waals surface area contributed by atoms with E-state index >= 15 is 0 Å². The van der Waals surface area contributed by atoms with Crippen LogP contribution in [0.5, 0.6) is 5.75 Å². The first-order chi connectivity index (χ1) is 13.2. The summed E-state index contributed by atoms with van der Waals surface area (Å²) in [6.07, 6.45) is 2.16. The first-order valence-corrected chi connectivity index (χ1v) is 9.75. The number of aromatic nitrogens is 3. The molecule has 2 N–H and O–H groups in total. The summed E-state index contributed by atoms with van der Waals surface area (Å²) < 4.78 is 5.15. The summed E-state index contributed by atoms with van der Waals surface area (Å²) in [5.74, 6) is 1.61. The molecule has 0 fully saturated rings. The van der Waals surface area contributed by atoms with Crippen molar-refractivity contribution in [2.45, 2.75) is 24.9 Å². The second-order valence-corrected chi connectivity index (χ2v) is 6.92. The summed E-state index contributed by atoms with van der Waals surface area (Å²) in [5.41, 5.74) is 2.98. The predicted octanol–water partition coefficient (Wildman–Crippen LogP) is 4.16. The van der Waals surface area contributed by atoms with E-state index in [0.29, 0.717) is 11.0 Å². The van der Waals surface area contributed by atoms with Gasteiger partial charge in [-0.25, -0.2) is 4.98 Å². The molecule has 0 aliphatic carbocycles. The summed E-state index contributed by atoms with van der Waals surface area (Å²) in [6, 6.07) is 15.5. The van der Waals surface area contributed by atoms with Gasteiger partial charge in [0.05, 0.1) is 12.9 Å². The minimum absolute atomic E-state index is 0.0842. The molecule has 0 saturated heterocycles. The maximum Gasteiger partial charge on any atom is 0.234 e. The highest BCUT2D eigenvalue weighted by Crippen LogP contribution is 2.22. The SMILES string of the molecule is CCCc1ccc(NC(=O)CSc2n[nH]c(-c3ccc(OC)cc3)n2)cc1. The number of benzene rings is 2. The average Bonchev–Trinajstić information content (AvgIpc) is 3.17. The molecule has 3 aromatic rings. The number of nitrogens with zero attached hydrogens (tertiary/aromatic N) is 2. The number of anilines is 1. The van der Waals surface area contributed by atoms with Crippen molar-refractivity contribution in [2.24, 2.45) is 0 Å². The van der Waals surface area contributed by atoms with Crippen LogP contribution in [0.2, 0.25) is 0 Å². The van der Waals surface area contributed by atoms with Crippen LogP contribution in [-0.2, 0) is 11.2 Å². The Hall–Kier alpha value is -2.80. The minimum Gasteiger partial charge on any atom is -0.497 e. The number of H-pyrrole nitrogens is 1. The molecule has 1 heterocycles. The van der Waals surface area contributed by atoms with Crippen molar-refractivity contribution in [3.8, 4) is 17.1 Å². The maximum absolute atomic E-state index is 12.1. The number of amides is 1. The first-order valence-electron chi connectivity index (χ1n) is 8.76. The second kappa shape index (κ2) is 9.23. The van der Waals surface area contributed by atoms with Crippen LogP contribution in [0.25, 0.3) is 11.4 Å². The monoisotopic (exact) mass is 382 g/mol. The van der Waals surface area contributed by atoms with Gasteiger partial charge in [0, 0.05) is 11.3 Å². The normalized spacial score (nSPS) is 10.6. The van der Waals surface area contributed by atoms with Gasteiger partial charge < -0.3 is 10.1 Å². The highest BCUT2D eigenvalue weighted by atomic mass is 32.2. The molecule has 7 heteroatoms. The molecular weight excluding hydrogens is 360 g/mol. The van der Waals surface area contributed by atoms with Gasteiger partial charge in [-0.1, -0.05) is 37.2 Å². The molecule has 3 rings (SSSR count). The number of carbonyl (C=O) groups is 1. The van der Waals surface area contributed by atoms with Gasteiger partial charge in [0.25, 0.3) is 0 Å². The topological polar surface area (TPSA) is 79.9 Å². The Labute approximate surface area is 162 Å². The highest BCUT2D eigenvalue weighted by Gasteiger charge is 2.09. The summed E-state index contributed by atoms with van der Waals surface area (Å²) in [6.45, 7) is 2.15. The largest absolute Gasteiger partial charge is 0.497 e. The Morgan fingerprint density at radius 2 is 1.89 bits per heavy atom. The smallest absolute Gasteiger partial charge is 0.234 e. The van der Waals surface area contributed by atoms with E-state index in [2.05, 4.69) is 27.4 Å². The highest BCUT2D eigenvalue weighted by molar-refractivity contribution is 7.99. The van der Waals surface area contributed by atoms with Gasteiger partial charge in [0.2, 0.25) is 11.1 Å². The molecule has 6 nitrogen and oxygen atoms in total. The lowest BCUT2D eigenvalue weighted by atomic mass is 10.1. The van der Waals surface area contributed by atoms with E-state index in [1.165, 1.54) is 17.3 Å². The van der Waals surface area contributed by atoms with Gasteiger partial charge >= 0.3 is 0 Å². The van der Waals surface area contributed by atoms with Gasteiger partial charge in [0.15, 0.2) is 5.82 Å². The molecule has 1 amide bonds. The van der Waals surface area contributed by atoms with E-state index in [4.69, 9.17) is 4.74 Å². The van der Waals surface area contributed by atoms with Gasteiger partial charge in [-0.3, -0.25) is 9.89 Å². The number of carbonyl (C=O) groups excluding carboxylic acids is 1. The Morgan fingerprint density at radius 3 is 2.56 bits per heavy atom. The lowest BCUT2D eigenvalue weighted by Crippen LogP contribution is -2.14. The van der Waals surface area contributed by atoms with Gasteiger partial charge in [0.1, 0.15) is 5.75 Å². The third kappa shape index (κ3) is 5.34. The molecule has 0 spiro atoms. The fourth-order valence-electron chi connectivity index (χ4n) is 2.56. The Bertz CT molecular complexity index is 876. The number of aryl methyl sites for hydroxylation is 1. The number of methoxy groups -OCH3 is 1. The molecule has 2 aromatic carbocycles. The molecule has 27 heavy (non-hydrogen) atoms. The Morgan fingerprint density at radius 1 is 1.15 bits per heavy atom. The van der Waals surface area contributed by atoms with Crippen LogP contribution in [0.3, 0.4) is 0 Å². The van der Waals surface area contributed by atoms with Crippen LogP contribution in [0.15, 0.2) is 53.7 Å². The van der Waals surface area contributed by atoms with Crippen molar-refractivity contribution in [3.63, 3.8) is 0 Å². The lowest BCUT2D eigenvalue weighted by Gasteiger charge is -2.05. The fourth-order valence-corrected chi connectivity index (χ4v) is 3.16. The first kappa shape index (κ1) is 19.0. The number of ether oxygens (including phenoxy) is 1. The number of aromatic amines is 1. The fraction of sp³-hybridized carbons (Fsp3) is 0.250. The number of rotatable bonds is 8. The van der Waals surface area contributed by atoms with E-state index in [0.717, 1.165) is 29.8 Å². The van der Waals surface area contributed by atoms with Crippen LogP contribution < -0.4 is 10.1 Å². The summed E-state index contributed by atoms with van der Waals surface area (Å²) in [4.78, 5) is 16.6. The van der Waals surface area contributed by atoms with Crippen molar-refractivity contribution in [1.29, 1.82) is 0 Å². The quantitative estimate of drug-likeness (QED) is 0.572. The number of hydrogen-bond donors (Lipinski definition) is 2. The molecule has 140 valence electrons. The zero-order valence-electron chi connectivity index (χ0n) is 15.4. The van der Waals surface area contributed by atoms with Gasteiger partial charge in [-0.15, -0.1) is 5.10 Å². The van der Waals surface area contributed by atoms with Crippen LogP contribution >= 0.6 is 11.8 Å². The van der Waals surface area contributed by atoms with Crippen molar-refractivity contribution in [2.75, 3.05) is 18.2 Å². The molecule has 0 atom stereocenters. The van der Waals surface area contributed by atoms with E-state index < -0.39 is 0 Å². The van der Waals surface area contributed by atoms with Crippen molar-refractivity contribution < 1.29 is 9.53 Å². The molecule has 0 unspecified atom stereocenters. The summed E-state index contributed by atoms with van der Waals surface area (Å²) in [7, 11) is 1.63. The average molecular weight is 382 g/mol. The number of nitrogens with one attached hydrogen (secondary N) is 2. The maximum atomic E-state index is 12.1. The standard InChI is InChI=1S/C20H22N4O2S/c1-3-4-14-5-9-16(10-6-14)21-18(25)13-27-20-22-19(23-24-20)15-7-11-17(26-2)12-8-15/h5-12H,3-4,13H2,1-2H3,(H,21,25)(H,22,23,24). The summed E-state index contributed by atoms with van der Waals surface area (Å²) >= 11 is 1.29. The van der Waals surface area contributed by atoms with E-state index in [1.807, 2.05) is 48.5 Å². The molecular formula is C20H22N4O2S. The second-order valence-electron chi connectivity index (χ2n) is 5.98. The van der Waals surface area contributed by atoms with Gasteiger partial charge in [-0.2, -0.15) is 0 Å². The van der Waals surface area contributed by atoms with E-state index in [-0.39, 0.29) is 11.7 Å². The molecule has 1 aromatic heterocycles. The van der Waals surface area contributed by atoms with Crippen molar-refractivity contribution in [3.05, 3.63) is 54.1 Å². The third-order valence-electron chi connectivity index (χ3n) is 3.94. The lowest BCUT2D eigenvalue weighted by molar-refractivity contribution is -0.113. The minimum atomic E-state index is -0.0842. The number of thioether (sulfide) groups is 1. The van der Waals surface area contributed by atoms with Crippen LogP contribution in [0.4, 0.5) is 5.69 Å². The molecule has 0 aliphatic heterocycles. The Kier molecular flexibility index (Phi) is 6.49. The van der Waals surface area contributed by atoms with Crippen LogP contribution in [-0.4, -0.2) is 34.0 Å². The third-order valence-corrected chi connectivity index (χ3v) is 4.78. The molecule has 0 saturated carbocycles. The summed E-state index contributed by atoms with van der Waals surface area (Å²) in [5, 5.41) is 10.5. The zero-order valence-corrected chi connectivity index (χ0v) is 16.2. The number of hydrogen-bond acceptors (Lipinski definition) is 5. The van der Waals surface area contributed by atoms with Crippen LogP contribution in [0, 0.1) is 0 Å². The molecule has 0 bridgehead atoms. The van der Waals surface area contributed by atoms with Crippen LogP contribution in [0.1, 0.15) is 18.9 Å². The van der Waals surface area contributed by atoms with Crippen molar-refractivity contribution >= 4 is 23.4 Å². The molecule has 0 radical (unpaired) electrons.